The summed E-state index contributed by atoms with van der Waals surface area (Å²) in [6.45, 7) is 13.6. The average molecular weight is 703 g/mol. The molecule has 1 fully saturated rings. The summed E-state index contributed by atoms with van der Waals surface area (Å²) in [7, 11) is 0. The van der Waals surface area contributed by atoms with Gasteiger partial charge in [0.1, 0.15) is 27.3 Å². The molecule has 3 atom stereocenters. The van der Waals surface area contributed by atoms with Crippen LogP contribution in [0.2, 0.25) is 15.1 Å². The zero-order chi connectivity index (χ0) is 34.6. The number of aromatic nitrogens is 2. The number of pyridine rings is 2. The Balaban J connectivity index is 1.92. The fourth-order valence-corrected chi connectivity index (χ4v) is 7.20. The number of nitrogens with two attached hydrogens (primary N) is 1. The minimum atomic E-state index is -1.24. The number of benzene rings is 1. The summed E-state index contributed by atoms with van der Waals surface area (Å²) >= 11 is 18.9. The van der Waals surface area contributed by atoms with Crippen molar-refractivity contribution >= 4 is 68.8 Å². The third-order valence-electron chi connectivity index (χ3n) is 8.61. The second-order valence-corrected chi connectivity index (χ2v) is 13.2. The van der Waals surface area contributed by atoms with E-state index in [4.69, 9.17) is 45.5 Å². The molecule has 2 aliphatic rings. The Kier molecular flexibility index (Phi) is 9.34. The molecule has 246 valence electrons. The lowest BCUT2D eigenvalue weighted by atomic mass is 9.94. The van der Waals surface area contributed by atoms with E-state index in [2.05, 4.69) is 18.0 Å². The Hall–Kier alpha value is -4.11. The Morgan fingerprint density at radius 2 is 1.83 bits per heavy atom. The maximum atomic E-state index is 15.6. The highest BCUT2D eigenvalue weighted by Crippen LogP contribution is 2.44. The number of hydrogen-bond donors (Lipinski definition) is 2. The van der Waals surface area contributed by atoms with Crippen LogP contribution in [0.5, 0.6) is 0 Å². The van der Waals surface area contributed by atoms with Crippen molar-refractivity contribution in [2.45, 2.75) is 52.7 Å². The number of amides is 1. The Morgan fingerprint density at radius 3 is 2.40 bits per heavy atom. The highest BCUT2D eigenvalue weighted by molar-refractivity contribution is 6.38. The lowest BCUT2D eigenvalue weighted by Gasteiger charge is -2.45. The molecule has 0 spiro atoms. The third-order valence-corrected chi connectivity index (χ3v) is 9.60. The van der Waals surface area contributed by atoms with Crippen LogP contribution in [0.25, 0.3) is 28.0 Å². The summed E-state index contributed by atoms with van der Waals surface area (Å²) in [6.07, 6.45) is 4.81. The summed E-state index contributed by atoms with van der Waals surface area (Å²) in [6, 6.07) is 2.55. The van der Waals surface area contributed by atoms with Crippen LogP contribution in [0.15, 0.2) is 41.4 Å². The highest BCUT2D eigenvalue weighted by atomic mass is 35.5. The number of nitrogens with one attached hydrogen (secondary N) is 1. The van der Waals surface area contributed by atoms with Crippen LogP contribution in [0, 0.1) is 28.9 Å². The van der Waals surface area contributed by atoms with Gasteiger partial charge < -0.3 is 20.9 Å². The molecule has 4 heterocycles. The normalized spacial score (nSPS) is 19.7. The number of hydrogen-bond acceptors (Lipinski definition) is 7. The van der Waals surface area contributed by atoms with Crippen molar-refractivity contribution in [3.63, 3.8) is 0 Å². The second kappa shape index (κ2) is 12.8. The van der Waals surface area contributed by atoms with Gasteiger partial charge >= 0.3 is 0 Å². The molecule has 3 aromatic rings. The largest absolute Gasteiger partial charge is 0.397 e. The number of carbonyl (C=O) groups is 1. The molecule has 2 aromatic heterocycles. The van der Waals surface area contributed by atoms with E-state index < -0.39 is 38.5 Å². The summed E-state index contributed by atoms with van der Waals surface area (Å²) in [5, 5.41) is 12.5. The summed E-state index contributed by atoms with van der Waals surface area (Å²) in [5.74, 6) is -2.73. The SMILES string of the molecule is C=CC(=O)N1[C@H](C)CN(c2c(C#N)c(=O)n(C3=C(C)C=CNC3C(C)C)c3nc(-c4c(N)c(Cl)c(F)c(Cl)c4F)c(Cl)cc23)C[C@@H]1C. The van der Waals surface area contributed by atoms with E-state index in [1.165, 1.54) is 16.7 Å². The van der Waals surface area contributed by atoms with Gasteiger partial charge in [0.2, 0.25) is 5.91 Å². The van der Waals surface area contributed by atoms with Gasteiger partial charge in [-0.3, -0.25) is 14.2 Å². The van der Waals surface area contributed by atoms with E-state index in [0.29, 0.717) is 11.1 Å². The number of nitriles is 1. The molecule has 1 amide bonds. The van der Waals surface area contributed by atoms with Gasteiger partial charge in [0, 0.05) is 30.6 Å². The van der Waals surface area contributed by atoms with Crippen LogP contribution in [0.4, 0.5) is 20.2 Å². The van der Waals surface area contributed by atoms with Crippen molar-refractivity contribution in [1.29, 1.82) is 5.26 Å². The van der Waals surface area contributed by atoms with Crippen molar-refractivity contribution in [3.8, 4) is 17.3 Å². The zero-order valence-electron chi connectivity index (χ0n) is 26.3. The lowest BCUT2D eigenvalue weighted by Crippen LogP contribution is -2.58. The van der Waals surface area contributed by atoms with Crippen LogP contribution >= 0.6 is 34.8 Å². The number of rotatable bonds is 5. The average Bonchev–Trinajstić information content (AvgIpc) is 3.02. The van der Waals surface area contributed by atoms with Gasteiger partial charge in [0.15, 0.2) is 11.6 Å². The smallest absolute Gasteiger partial charge is 0.276 e. The van der Waals surface area contributed by atoms with E-state index >= 15 is 4.39 Å². The molecule has 2 aliphatic heterocycles. The number of dihydropyridines is 1. The number of carbonyl (C=O) groups excluding carboxylic acids is 1. The summed E-state index contributed by atoms with van der Waals surface area (Å²) in [4.78, 5) is 35.5. The molecular formula is C33H32Cl3F2N7O2. The molecule has 5 rings (SSSR count). The van der Waals surface area contributed by atoms with Gasteiger partial charge in [-0.2, -0.15) is 5.26 Å². The second-order valence-electron chi connectivity index (χ2n) is 12.1. The lowest BCUT2D eigenvalue weighted by molar-refractivity contribution is -0.130. The molecule has 1 aromatic carbocycles. The van der Waals surface area contributed by atoms with Crippen molar-refractivity contribution in [1.82, 2.24) is 19.8 Å². The van der Waals surface area contributed by atoms with Crippen LogP contribution < -0.4 is 21.5 Å². The minimum Gasteiger partial charge on any atom is -0.397 e. The van der Waals surface area contributed by atoms with E-state index in [1.807, 2.05) is 39.5 Å². The first kappa shape index (κ1) is 34.2. The van der Waals surface area contributed by atoms with E-state index in [-0.39, 0.29) is 70.7 Å². The van der Waals surface area contributed by atoms with E-state index in [9.17, 15) is 19.2 Å². The predicted octanol–water partition coefficient (Wildman–Crippen LogP) is 6.74. The topological polar surface area (TPSA) is 120 Å². The van der Waals surface area contributed by atoms with Crippen LogP contribution in [0.1, 0.15) is 40.2 Å². The van der Waals surface area contributed by atoms with Crippen molar-refractivity contribution < 1.29 is 13.6 Å². The van der Waals surface area contributed by atoms with E-state index in [0.717, 1.165) is 5.57 Å². The molecule has 0 saturated carbocycles. The minimum absolute atomic E-state index is 0.0243. The third kappa shape index (κ3) is 5.52. The fourth-order valence-electron chi connectivity index (χ4n) is 6.53. The molecule has 1 unspecified atom stereocenters. The number of nitrogen functional groups attached to an aromatic ring is 1. The van der Waals surface area contributed by atoms with Gasteiger partial charge in [-0.25, -0.2) is 13.8 Å². The number of halogens is 5. The van der Waals surface area contributed by atoms with Crippen molar-refractivity contribution in [2.24, 2.45) is 5.92 Å². The number of piperazine rings is 1. The van der Waals surface area contributed by atoms with Gasteiger partial charge in [-0.05, 0) is 56.7 Å². The Morgan fingerprint density at radius 1 is 1.19 bits per heavy atom. The number of allylic oxidation sites excluding steroid dienone is 2. The van der Waals surface area contributed by atoms with Crippen molar-refractivity contribution in [2.75, 3.05) is 23.7 Å². The standard InChI is InChI=1S/C33H32Cl3F2N7O2/c1-7-21(46)44-16(5)12-43(13-17(44)6)31-18-10-20(34)29(22-25(37)23(35)26(38)24(36)27(22)40)42-32(18)45(33(47)19(31)11-39)30-15(4)8-9-41-28(30)14(2)3/h7-10,14,16-17,28,41H,1,12-13,40H2,2-6H3/t16-,17+,28?. The van der Waals surface area contributed by atoms with Crippen LogP contribution in [-0.4, -0.2) is 51.6 Å². The molecule has 3 N–H and O–H groups in total. The van der Waals surface area contributed by atoms with Crippen molar-refractivity contribution in [3.05, 3.63) is 79.2 Å². The van der Waals surface area contributed by atoms with Gasteiger partial charge in [-0.15, -0.1) is 0 Å². The van der Waals surface area contributed by atoms with E-state index in [1.54, 1.807) is 17.2 Å². The van der Waals surface area contributed by atoms with Crippen LogP contribution in [-0.2, 0) is 4.79 Å². The Labute approximate surface area is 285 Å². The molecule has 47 heavy (non-hydrogen) atoms. The first-order valence-corrected chi connectivity index (χ1v) is 15.9. The maximum Gasteiger partial charge on any atom is 0.276 e. The predicted molar refractivity (Wildman–Crippen MR) is 183 cm³/mol. The molecule has 0 aliphatic carbocycles. The highest BCUT2D eigenvalue weighted by Gasteiger charge is 2.36. The number of anilines is 2. The van der Waals surface area contributed by atoms with Gasteiger partial charge in [-0.1, -0.05) is 55.2 Å². The number of nitrogens with zero attached hydrogens (tertiary/aromatic N) is 5. The van der Waals surface area contributed by atoms with Gasteiger partial charge in [0.05, 0.1) is 39.4 Å². The Bertz CT molecular complexity index is 1980. The summed E-state index contributed by atoms with van der Waals surface area (Å²) in [5.41, 5.74) is 5.67. The molecule has 0 bridgehead atoms. The fraction of sp³-hybridized carbons (Fsp3) is 0.333. The van der Waals surface area contributed by atoms with Crippen LogP contribution in [0.3, 0.4) is 0 Å². The number of fused-ring (bicyclic) bond motifs is 1. The molecule has 14 heteroatoms. The molecule has 9 nitrogen and oxygen atoms in total. The van der Waals surface area contributed by atoms with Gasteiger partial charge in [0.25, 0.3) is 5.56 Å². The zero-order valence-corrected chi connectivity index (χ0v) is 28.5. The molecule has 0 radical (unpaired) electrons. The molecular weight excluding hydrogens is 671 g/mol. The molecule has 1 saturated heterocycles. The first-order chi connectivity index (χ1) is 22.2. The summed E-state index contributed by atoms with van der Waals surface area (Å²) < 4.78 is 31.5. The maximum absolute atomic E-state index is 15.6. The monoisotopic (exact) mass is 701 g/mol. The first-order valence-electron chi connectivity index (χ1n) is 14.8. The quantitative estimate of drug-likeness (QED) is 0.131.